The van der Waals surface area contributed by atoms with Crippen molar-refractivity contribution in [3.63, 3.8) is 0 Å². The van der Waals surface area contributed by atoms with E-state index < -0.39 is 17.8 Å². The Hall–Kier alpha value is -1.25. The lowest BCUT2D eigenvalue weighted by atomic mass is 9.67. The first-order valence-corrected chi connectivity index (χ1v) is 12.3. The molecule has 0 heterocycles. The lowest BCUT2D eigenvalue weighted by Gasteiger charge is -2.38. The molecule has 4 rings (SSSR count). The smallest absolute Gasteiger partial charge is 0.170 e. The van der Waals surface area contributed by atoms with Gasteiger partial charge in [-0.25, -0.2) is 13.2 Å². The van der Waals surface area contributed by atoms with E-state index in [9.17, 15) is 13.2 Å². The number of hydrogen-bond donors (Lipinski definition) is 0. The molecule has 0 N–H and O–H groups in total. The molecule has 2 fully saturated rings. The molecule has 30 heavy (non-hydrogen) atoms. The van der Waals surface area contributed by atoms with Crippen LogP contribution in [-0.2, 0) is 0 Å². The van der Waals surface area contributed by atoms with Crippen LogP contribution < -0.4 is 0 Å². The molecule has 1 unspecified atom stereocenters. The van der Waals surface area contributed by atoms with Gasteiger partial charge < -0.3 is 0 Å². The Bertz CT molecular complexity index is 725. The van der Waals surface area contributed by atoms with E-state index in [1.165, 1.54) is 75.9 Å². The summed E-state index contributed by atoms with van der Waals surface area (Å²) in [6.07, 6.45) is 19.2. The van der Waals surface area contributed by atoms with Gasteiger partial charge in [0.25, 0.3) is 0 Å². The topological polar surface area (TPSA) is 0 Å². The van der Waals surface area contributed by atoms with Crippen LogP contribution in [0.3, 0.4) is 0 Å². The summed E-state index contributed by atoms with van der Waals surface area (Å²) in [6, 6.07) is 0. The van der Waals surface area contributed by atoms with Gasteiger partial charge in [-0.2, -0.15) is 0 Å². The van der Waals surface area contributed by atoms with Gasteiger partial charge in [-0.15, -0.1) is 0 Å². The third kappa shape index (κ3) is 4.97. The van der Waals surface area contributed by atoms with E-state index in [2.05, 4.69) is 13.0 Å². The Morgan fingerprint density at radius 3 is 2.07 bits per heavy atom. The summed E-state index contributed by atoms with van der Waals surface area (Å²) < 4.78 is 40.6. The summed E-state index contributed by atoms with van der Waals surface area (Å²) in [4.78, 5) is 0. The van der Waals surface area contributed by atoms with Gasteiger partial charge in [0.1, 0.15) is 0 Å². The fraction of sp³-hybridized carbons (Fsp3) is 0.704. The zero-order valence-corrected chi connectivity index (χ0v) is 18.4. The number of rotatable bonds is 5. The standard InChI is InChI=1S/C27H37F3/c1-2-3-18-4-6-19(7-5-18)20-8-10-21(11-9-20)22-12-14-23(15-13-22)24-16-25(28)27(30)26(29)17-24/h12,14,16,18-21,26H,2-11,13,15,17H2,1H3. The van der Waals surface area contributed by atoms with Crippen molar-refractivity contribution in [2.45, 2.75) is 96.6 Å². The molecule has 4 aliphatic rings. The normalized spacial score (nSPS) is 35.6. The van der Waals surface area contributed by atoms with Gasteiger partial charge in [0.2, 0.25) is 0 Å². The lowest BCUT2D eigenvalue weighted by molar-refractivity contribution is 0.149. The number of allylic oxidation sites excluding steroid dienone is 8. The van der Waals surface area contributed by atoms with Gasteiger partial charge in [0, 0.05) is 6.42 Å². The maximum atomic E-state index is 13.7. The quantitative estimate of drug-likeness (QED) is 0.418. The van der Waals surface area contributed by atoms with Gasteiger partial charge in [-0.05, 0) is 92.3 Å². The van der Waals surface area contributed by atoms with Crippen molar-refractivity contribution in [2.75, 3.05) is 0 Å². The SMILES string of the molecule is CCCC1CCC(C2CCC(C3=CC=C(C4=CC(F)=C(F)C(F)C4)CC3)CC2)CC1. The zero-order valence-electron chi connectivity index (χ0n) is 18.4. The van der Waals surface area contributed by atoms with Crippen LogP contribution in [0.2, 0.25) is 0 Å². The molecule has 0 saturated heterocycles. The molecular weight excluding hydrogens is 381 g/mol. The van der Waals surface area contributed by atoms with Crippen molar-refractivity contribution < 1.29 is 13.2 Å². The maximum Gasteiger partial charge on any atom is 0.170 e. The maximum absolute atomic E-state index is 13.7. The van der Waals surface area contributed by atoms with Crippen molar-refractivity contribution in [3.05, 3.63) is 46.6 Å². The van der Waals surface area contributed by atoms with E-state index in [4.69, 9.17) is 0 Å². The fourth-order valence-electron chi connectivity index (χ4n) is 6.52. The molecule has 2 saturated carbocycles. The van der Waals surface area contributed by atoms with Crippen molar-refractivity contribution in [1.29, 1.82) is 0 Å². The van der Waals surface area contributed by atoms with E-state index in [1.54, 1.807) is 0 Å². The van der Waals surface area contributed by atoms with Crippen LogP contribution in [0.25, 0.3) is 0 Å². The molecule has 0 aliphatic heterocycles. The van der Waals surface area contributed by atoms with Gasteiger partial charge in [0.15, 0.2) is 17.8 Å². The Balaban J connectivity index is 1.29. The van der Waals surface area contributed by atoms with Crippen molar-refractivity contribution in [2.24, 2.45) is 23.7 Å². The highest BCUT2D eigenvalue weighted by Crippen LogP contribution is 2.45. The number of hydrogen-bond acceptors (Lipinski definition) is 0. The Morgan fingerprint density at radius 1 is 0.833 bits per heavy atom. The average Bonchev–Trinajstić information content (AvgIpc) is 2.78. The molecule has 0 bridgehead atoms. The second-order valence-corrected chi connectivity index (χ2v) is 10.2. The highest BCUT2D eigenvalue weighted by Gasteiger charge is 2.32. The Labute approximate surface area is 180 Å². The number of halogens is 3. The third-order valence-corrected chi connectivity index (χ3v) is 8.35. The van der Waals surface area contributed by atoms with Gasteiger partial charge in [0.05, 0.1) is 0 Å². The van der Waals surface area contributed by atoms with E-state index in [1.807, 2.05) is 6.08 Å². The summed E-state index contributed by atoms with van der Waals surface area (Å²) >= 11 is 0. The fourth-order valence-corrected chi connectivity index (χ4v) is 6.52. The minimum atomic E-state index is -1.83. The first-order valence-electron chi connectivity index (χ1n) is 12.3. The van der Waals surface area contributed by atoms with E-state index in [-0.39, 0.29) is 6.42 Å². The summed E-state index contributed by atoms with van der Waals surface area (Å²) in [5, 5.41) is 0. The molecule has 0 aromatic rings. The Morgan fingerprint density at radius 2 is 1.50 bits per heavy atom. The van der Waals surface area contributed by atoms with Crippen molar-refractivity contribution in [1.82, 2.24) is 0 Å². The van der Waals surface area contributed by atoms with Crippen LogP contribution in [0.15, 0.2) is 46.6 Å². The largest absolute Gasteiger partial charge is 0.239 e. The van der Waals surface area contributed by atoms with E-state index in [0.717, 1.165) is 36.2 Å². The van der Waals surface area contributed by atoms with E-state index in [0.29, 0.717) is 11.5 Å². The predicted molar refractivity (Wildman–Crippen MR) is 118 cm³/mol. The first kappa shape index (κ1) is 22.0. The van der Waals surface area contributed by atoms with Crippen molar-refractivity contribution in [3.8, 4) is 0 Å². The zero-order chi connectivity index (χ0) is 21.1. The first-order chi connectivity index (χ1) is 14.5. The molecule has 0 radical (unpaired) electrons. The molecule has 0 nitrogen and oxygen atoms in total. The van der Waals surface area contributed by atoms with Crippen LogP contribution in [0.4, 0.5) is 13.2 Å². The van der Waals surface area contributed by atoms with E-state index >= 15 is 0 Å². The lowest BCUT2D eigenvalue weighted by Crippen LogP contribution is -2.26. The summed E-state index contributed by atoms with van der Waals surface area (Å²) in [7, 11) is 0. The average molecular weight is 419 g/mol. The van der Waals surface area contributed by atoms with Crippen LogP contribution in [0, 0.1) is 23.7 Å². The van der Waals surface area contributed by atoms with Crippen LogP contribution in [-0.4, -0.2) is 6.17 Å². The molecule has 0 aromatic carbocycles. The highest BCUT2D eigenvalue weighted by atomic mass is 19.2. The molecule has 0 aromatic heterocycles. The van der Waals surface area contributed by atoms with Crippen LogP contribution >= 0.6 is 0 Å². The highest BCUT2D eigenvalue weighted by molar-refractivity contribution is 5.44. The minimum Gasteiger partial charge on any atom is -0.239 e. The molecule has 3 heteroatoms. The molecule has 1 atom stereocenters. The second-order valence-electron chi connectivity index (χ2n) is 10.2. The van der Waals surface area contributed by atoms with Crippen LogP contribution in [0.5, 0.6) is 0 Å². The monoisotopic (exact) mass is 418 g/mol. The molecule has 166 valence electrons. The minimum absolute atomic E-state index is 0.0418. The second kappa shape index (κ2) is 9.92. The molecule has 0 amide bonds. The van der Waals surface area contributed by atoms with Crippen LogP contribution in [0.1, 0.15) is 90.4 Å². The molecule has 0 spiro atoms. The van der Waals surface area contributed by atoms with Gasteiger partial charge >= 0.3 is 0 Å². The van der Waals surface area contributed by atoms with Gasteiger partial charge in [-0.3, -0.25) is 0 Å². The molecular formula is C27H37F3. The number of alkyl halides is 1. The molecule has 4 aliphatic carbocycles. The Kier molecular flexibility index (Phi) is 7.26. The van der Waals surface area contributed by atoms with Crippen molar-refractivity contribution >= 4 is 0 Å². The van der Waals surface area contributed by atoms with Gasteiger partial charge in [-0.1, -0.05) is 50.3 Å². The summed E-state index contributed by atoms with van der Waals surface area (Å²) in [5.41, 5.74) is 3.11. The summed E-state index contributed by atoms with van der Waals surface area (Å²) in [5.74, 6) is 1.27. The summed E-state index contributed by atoms with van der Waals surface area (Å²) in [6.45, 7) is 2.31. The third-order valence-electron chi connectivity index (χ3n) is 8.35. The predicted octanol–water partition coefficient (Wildman–Crippen LogP) is 8.86.